The van der Waals surface area contributed by atoms with Gasteiger partial charge in [-0.05, 0) is 51.8 Å². The number of carbonyl (C=O) groups is 1. The summed E-state index contributed by atoms with van der Waals surface area (Å²) in [5, 5.41) is 13.2. The maximum absolute atomic E-state index is 11.4. The van der Waals surface area contributed by atoms with E-state index < -0.39 is 11.4 Å². The van der Waals surface area contributed by atoms with E-state index in [1.165, 1.54) is 12.0 Å². The molecule has 0 radical (unpaired) electrons. The molecule has 2 unspecified atom stereocenters. The minimum atomic E-state index is -0.724. The summed E-state index contributed by atoms with van der Waals surface area (Å²) in [5.41, 5.74) is 0.889. The van der Waals surface area contributed by atoms with Gasteiger partial charge in [0.05, 0.1) is 12.0 Å². The maximum Gasteiger partial charge on any atom is 0.310 e. The number of piperidine rings is 1. The molecule has 3 rings (SSSR count). The predicted molar refractivity (Wildman–Crippen MR) is 107 cm³/mol. The third-order valence-corrected chi connectivity index (χ3v) is 6.32. The Hall–Kier alpha value is -1.43. The molecule has 0 spiro atoms. The van der Waals surface area contributed by atoms with Crippen molar-refractivity contribution in [3.05, 3.63) is 35.9 Å². The number of hydrogen-bond acceptors (Lipinski definition) is 4. The van der Waals surface area contributed by atoms with Crippen molar-refractivity contribution in [2.24, 2.45) is 10.8 Å². The van der Waals surface area contributed by atoms with Gasteiger partial charge in [-0.25, -0.2) is 0 Å². The smallest absolute Gasteiger partial charge is 0.310 e. The van der Waals surface area contributed by atoms with E-state index in [1.54, 1.807) is 7.11 Å². The summed E-state index contributed by atoms with van der Waals surface area (Å²) in [6.45, 7) is 7.85. The highest BCUT2D eigenvalue weighted by molar-refractivity contribution is 5.73. The number of nitrogens with zero attached hydrogens (tertiary/aromatic N) is 1. The molecule has 2 aliphatic rings. The van der Waals surface area contributed by atoms with Crippen LogP contribution in [0, 0.1) is 10.8 Å². The quantitative estimate of drug-likeness (QED) is 0.696. The summed E-state index contributed by atoms with van der Waals surface area (Å²) in [6.07, 6.45) is 3.31. The Balaban J connectivity index is 1.50. The summed E-state index contributed by atoms with van der Waals surface area (Å²) < 4.78 is 5.57. The number of aliphatic carboxylic acids is 1. The van der Waals surface area contributed by atoms with Gasteiger partial charge in [0, 0.05) is 37.6 Å². The monoisotopic (exact) mass is 374 g/mol. The molecule has 1 saturated heterocycles. The standard InChI is InChI=1S/C22H34N2O3/c1-21(2,20(25)26)15-24-11-9-22(10-12-24,16-27-3)14-23-19-13-18(19)17-7-5-4-6-8-17/h4-8,18-19,23H,9-16H2,1-3H3,(H,25,26). The summed E-state index contributed by atoms with van der Waals surface area (Å²) in [6, 6.07) is 11.3. The highest BCUT2D eigenvalue weighted by atomic mass is 16.5. The van der Waals surface area contributed by atoms with E-state index in [4.69, 9.17) is 4.74 Å². The first-order chi connectivity index (χ1) is 12.9. The van der Waals surface area contributed by atoms with Gasteiger partial charge in [-0.15, -0.1) is 0 Å². The van der Waals surface area contributed by atoms with Gasteiger partial charge in [0.2, 0.25) is 0 Å². The number of nitrogens with one attached hydrogen (secondary N) is 1. The molecule has 150 valence electrons. The number of carboxylic acid groups (broad SMARTS) is 1. The summed E-state index contributed by atoms with van der Waals surface area (Å²) in [4.78, 5) is 13.7. The van der Waals surface area contributed by atoms with Crippen molar-refractivity contribution in [2.45, 2.75) is 45.1 Å². The van der Waals surface area contributed by atoms with Crippen molar-refractivity contribution in [3.8, 4) is 0 Å². The van der Waals surface area contributed by atoms with Gasteiger partial charge in [0.1, 0.15) is 0 Å². The maximum atomic E-state index is 11.4. The molecular weight excluding hydrogens is 340 g/mol. The molecule has 1 aromatic rings. The molecule has 1 aliphatic carbocycles. The second-order valence-electron chi connectivity index (χ2n) is 9.14. The zero-order chi connectivity index (χ0) is 19.5. The van der Waals surface area contributed by atoms with Crippen molar-refractivity contribution in [1.82, 2.24) is 10.2 Å². The molecule has 1 saturated carbocycles. The van der Waals surface area contributed by atoms with Gasteiger partial charge < -0.3 is 20.1 Å². The lowest BCUT2D eigenvalue weighted by atomic mass is 9.78. The normalized spacial score (nSPS) is 25.3. The lowest BCUT2D eigenvalue weighted by Crippen LogP contribution is -2.50. The second kappa shape index (κ2) is 8.29. The number of rotatable bonds is 9. The summed E-state index contributed by atoms with van der Waals surface area (Å²) in [7, 11) is 1.78. The topological polar surface area (TPSA) is 61.8 Å². The lowest BCUT2D eigenvalue weighted by molar-refractivity contribution is -0.148. The van der Waals surface area contributed by atoms with Crippen LogP contribution in [0.5, 0.6) is 0 Å². The van der Waals surface area contributed by atoms with Crippen LogP contribution in [0.3, 0.4) is 0 Å². The van der Waals surface area contributed by atoms with Gasteiger partial charge in [-0.2, -0.15) is 0 Å². The summed E-state index contributed by atoms with van der Waals surface area (Å²) in [5.74, 6) is -0.0826. The zero-order valence-electron chi connectivity index (χ0n) is 16.9. The molecule has 1 heterocycles. The molecule has 27 heavy (non-hydrogen) atoms. The predicted octanol–water partition coefficient (Wildman–Crippen LogP) is 2.97. The van der Waals surface area contributed by atoms with Crippen molar-refractivity contribution in [2.75, 3.05) is 39.9 Å². The van der Waals surface area contributed by atoms with Crippen molar-refractivity contribution >= 4 is 5.97 Å². The van der Waals surface area contributed by atoms with Gasteiger partial charge in [-0.3, -0.25) is 4.79 Å². The fraction of sp³-hybridized carbons (Fsp3) is 0.682. The average Bonchev–Trinajstić information content (AvgIpc) is 3.43. The largest absolute Gasteiger partial charge is 0.481 e. The van der Waals surface area contributed by atoms with E-state index in [1.807, 2.05) is 13.8 Å². The zero-order valence-corrected chi connectivity index (χ0v) is 16.9. The minimum absolute atomic E-state index is 0.155. The third-order valence-electron chi connectivity index (χ3n) is 6.32. The SMILES string of the molecule is COCC1(CNC2CC2c2ccccc2)CCN(CC(C)(C)C(=O)O)CC1. The Kier molecular flexibility index (Phi) is 6.24. The van der Waals surface area contributed by atoms with Crippen molar-refractivity contribution in [3.63, 3.8) is 0 Å². The van der Waals surface area contributed by atoms with Crippen LogP contribution in [0.1, 0.15) is 44.6 Å². The first-order valence-corrected chi connectivity index (χ1v) is 10.1. The molecule has 2 fully saturated rings. The van der Waals surface area contributed by atoms with Crippen molar-refractivity contribution in [1.29, 1.82) is 0 Å². The molecule has 2 N–H and O–H groups in total. The van der Waals surface area contributed by atoms with Crippen LogP contribution in [-0.4, -0.2) is 61.9 Å². The number of methoxy groups -OCH3 is 1. The fourth-order valence-corrected chi connectivity index (χ4v) is 4.33. The number of benzene rings is 1. The first-order valence-electron chi connectivity index (χ1n) is 10.1. The molecule has 0 bridgehead atoms. The Morgan fingerprint density at radius 2 is 1.96 bits per heavy atom. The fourth-order valence-electron chi connectivity index (χ4n) is 4.33. The highest BCUT2D eigenvalue weighted by Crippen LogP contribution is 2.42. The molecule has 0 amide bonds. The number of likely N-dealkylation sites (tertiary alicyclic amines) is 1. The molecule has 5 heteroatoms. The van der Waals surface area contributed by atoms with Crippen LogP contribution in [0.2, 0.25) is 0 Å². The Morgan fingerprint density at radius 3 is 2.56 bits per heavy atom. The van der Waals surface area contributed by atoms with Crippen LogP contribution in [0.25, 0.3) is 0 Å². The van der Waals surface area contributed by atoms with Crippen LogP contribution < -0.4 is 5.32 Å². The van der Waals surface area contributed by atoms with Crippen molar-refractivity contribution < 1.29 is 14.6 Å². The Labute approximate surface area is 163 Å². The van der Waals surface area contributed by atoms with E-state index in [9.17, 15) is 9.90 Å². The molecule has 1 aromatic carbocycles. The van der Waals surface area contributed by atoms with Crippen LogP contribution in [0.4, 0.5) is 0 Å². The molecule has 0 aromatic heterocycles. The Morgan fingerprint density at radius 1 is 1.30 bits per heavy atom. The van der Waals surface area contributed by atoms with E-state index in [2.05, 4.69) is 40.5 Å². The van der Waals surface area contributed by atoms with Gasteiger partial charge in [0.15, 0.2) is 0 Å². The minimum Gasteiger partial charge on any atom is -0.481 e. The molecular formula is C22H34N2O3. The lowest BCUT2D eigenvalue weighted by Gasteiger charge is -2.43. The second-order valence-corrected chi connectivity index (χ2v) is 9.14. The van der Waals surface area contributed by atoms with E-state index in [0.29, 0.717) is 18.5 Å². The van der Waals surface area contributed by atoms with E-state index in [-0.39, 0.29) is 5.41 Å². The summed E-state index contributed by atoms with van der Waals surface area (Å²) >= 11 is 0. The van der Waals surface area contributed by atoms with E-state index in [0.717, 1.165) is 39.1 Å². The van der Waals surface area contributed by atoms with E-state index >= 15 is 0 Å². The number of hydrogen-bond donors (Lipinski definition) is 2. The number of carboxylic acids is 1. The molecule has 2 atom stereocenters. The average molecular weight is 375 g/mol. The molecule has 1 aliphatic heterocycles. The van der Waals surface area contributed by atoms with Gasteiger partial charge >= 0.3 is 5.97 Å². The first kappa shape index (κ1) is 20.3. The van der Waals surface area contributed by atoms with Gasteiger partial charge in [-0.1, -0.05) is 30.3 Å². The van der Waals surface area contributed by atoms with Crippen LogP contribution in [-0.2, 0) is 9.53 Å². The number of ether oxygens (including phenoxy) is 1. The Bertz CT molecular complexity index is 624. The third kappa shape index (κ3) is 5.09. The highest BCUT2D eigenvalue weighted by Gasteiger charge is 2.42. The van der Waals surface area contributed by atoms with Crippen LogP contribution in [0.15, 0.2) is 30.3 Å². The van der Waals surface area contributed by atoms with Crippen LogP contribution >= 0.6 is 0 Å². The molecule has 5 nitrogen and oxygen atoms in total. The van der Waals surface area contributed by atoms with Gasteiger partial charge in [0.25, 0.3) is 0 Å².